The van der Waals surface area contributed by atoms with Gasteiger partial charge in [-0.05, 0) is 43.5 Å². The lowest BCUT2D eigenvalue weighted by molar-refractivity contribution is -0.128. The van der Waals surface area contributed by atoms with Crippen molar-refractivity contribution >= 4 is 75.0 Å². The largest absolute Gasteiger partial charge is 0.397 e. The number of rotatable bonds is 4. The highest BCUT2D eigenvalue weighted by Crippen LogP contribution is 2.49. The van der Waals surface area contributed by atoms with Crippen LogP contribution in [0.4, 0.5) is 15.9 Å². The van der Waals surface area contributed by atoms with Gasteiger partial charge in [-0.25, -0.2) is 18.7 Å². The molecule has 6 rings (SSSR count). The predicted octanol–water partition coefficient (Wildman–Crippen LogP) is 6.65. The van der Waals surface area contributed by atoms with Gasteiger partial charge < -0.3 is 15.5 Å². The third-order valence-electron chi connectivity index (χ3n) is 8.27. The molecule has 4 aromatic rings. The number of thioether (sulfide) groups is 1. The Morgan fingerprint density at radius 2 is 1.96 bits per heavy atom. The zero-order valence-electron chi connectivity index (χ0n) is 24.9. The van der Waals surface area contributed by atoms with E-state index in [1.165, 1.54) is 28.5 Å². The number of benzene rings is 1. The Hall–Kier alpha value is -3.38. The standard InChI is InChI=1S/C31H29Cl3FN7O2S/c1-6-19(43)40-11-16-12-45-28-21-29(41(16)10-15(40)5)39-31(44)42(27-14(4)7-8-37-25(27)13(2)3)30(21)38-26(22(28)34)20-23(35)17(32)9-18(33)24(20)36/h6-9,13,15-16H,1,10-12,36H2,2-5H3. The summed E-state index contributed by atoms with van der Waals surface area (Å²) in [5.41, 5.74) is 7.62. The van der Waals surface area contributed by atoms with Gasteiger partial charge in [-0.1, -0.05) is 55.2 Å². The zero-order valence-corrected chi connectivity index (χ0v) is 28.0. The number of amides is 1. The third-order valence-corrected chi connectivity index (χ3v) is 10.6. The van der Waals surface area contributed by atoms with Crippen LogP contribution < -0.4 is 16.3 Å². The van der Waals surface area contributed by atoms with E-state index in [1.54, 1.807) is 17.2 Å². The van der Waals surface area contributed by atoms with Crippen molar-refractivity contribution in [1.29, 1.82) is 0 Å². The maximum absolute atomic E-state index is 15.8. The first-order chi connectivity index (χ1) is 21.3. The fourth-order valence-corrected chi connectivity index (χ4v) is 8.11. The maximum atomic E-state index is 15.8. The van der Waals surface area contributed by atoms with Crippen molar-refractivity contribution < 1.29 is 9.18 Å². The van der Waals surface area contributed by atoms with Crippen LogP contribution in [0.5, 0.6) is 0 Å². The minimum absolute atomic E-state index is 0.0132. The van der Waals surface area contributed by atoms with Crippen LogP contribution in [0.15, 0.2) is 40.7 Å². The second kappa shape index (κ2) is 11.8. The molecule has 2 unspecified atom stereocenters. The highest BCUT2D eigenvalue weighted by Gasteiger charge is 2.39. The summed E-state index contributed by atoms with van der Waals surface area (Å²) in [4.78, 5) is 45.4. The van der Waals surface area contributed by atoms with Gasteiger partial charge in [-0.2, -0.15) is 4.98 Å². The van der Waals surface area contributed by atoms with E-state index in [-0.39, 0.29) is 61.6 Å². The summed E-state index contributed by atoms with van der Waals surface area (Å²) < 4.78 is 17.2. The van der Waals surface area contributed by atoms with E-state index in [4.69, 9.17) is 45.5 Å². The summed E-state index contributed by atoms with van der Waals surface area (Å²) >= 11 is 21.1. The second-order valence-corrected chi connectivity index (χ2v) is 13.7. The van der Waals surface area contributed by atoms with Gasteiger partial charge in [0.2, 0.25) is 5.91 Å². The Bertz CT molecular complexity index is 1960. The van der Waals surface area contributed by atoms with E-state index in [1.807, 2.05) is 32.6 Å². The van der Waals surface area contributed by atoms with Crippen molar-refractivity contribution in [2.24, 2.45) is 0 Å². The topological polar surface area (TPSA) is 110 Å². The quantitative estimate of drug-likeness (QED) is 0.144. The van der Waals surface area contributed by atoms with Gasteiger partial charge in [0.15, 0.2) is 11.5 Å². The minimum Gasteiger partial charge on any atom is -0.397 e. The van der Waals surface area contributed by atoms with Gasteiger partial charge in [0.25, 0.3) is 0 Å². The summed E-state index contributed by atoms with van der Waals surface area (Å²) in [5.74, 6) is -0.209. The second-order valence-electron chi connectivity index (χ2n) is 11.5. The molecule has 0 bridgehead atoms. The number of carbonyl (C=O) groups is 1. The lowest BCUT2D eigenvalue weighted by atomic mass is 10.0. The molecule has 45 heavy (non-hydrogen) atoms. The number of aromatic nitrogens is 4. The smallest absolute Gasteiger partial charge is 0.355 e. The van der Waals surface area contributed by atoms with E-state index in [0.717, 1.165) is 5.56 Å². The number of aryl methyl sites for hydroxylation is 1. The number of carbonyl (C=O) groups excluding carboxylic acids is 1. The van der Waals surface area contributed by atoms with E-state index in [9.17, 15) is 9.59 Å². The third kappa shape index (κ3) is 5.04. The summed E-state index contributed by atoms with van der Waals surface area (Å²) in [7, 11) is 0. The molecule has 9 nitrogen and oxygen atoms in total. The number of nitrogen functional groups attached to an aromatic ring is 1. The van der Waals surface area contributed by atoms with Crippen LogP contribution in [0.25, 0.3) is 28.0 Å². The van der Waals surface area contributed by atoms with Crippen LogP contribution in [0.3, 0.4) is 0 Å². The van der Waals surface area contributed by atoms with Gasteiger partial charge in [0.1, 0.15) is 5.82 Å². The Morgan fingerprint density at radius 3 is 2.64 bits per heavy atom. The first-order valence-electron chi connectivity index (χ1n) is 14.2. The maximum Gasteiger partial charge on any atom is 0.355 e. The number of hydrogen-bond acceptors (Lipinski definition) is 8. The van der Waals surface area contributed by atoms with Crippen LogP contribution >= 0.6 is 46.6 Å². The number of pyridine rings is 2. The van der Waals surface area contributed by atoms with Crippen molar-refractivity contribution in [1.82, 2.24) is 24.4 Å². The van der Waals surface area contributed by atoms with Gasteiger partial charge in [-0.15, -0.1) is 11.8 Å². The SMILES string of the molecule is C=CC(=O)N1CC2CSc3c(Cl)c(-c4c(N)c(Cl)cc(Cl)c4F)nc4c3c(nc(=O)n4-c3c(C)ccnc3C(C)C)N2CC1C. The van der Waals surface area contributed by atoms with Crippen LogP contribution in [-0.4, -0.2) is 61.3 Å². The number of piperazine rings is 1. The van der Waals surface area contributed by atoms with Crippen molar-refractivity contribution in [3.05, 3.63) is 73.6 Å². The van der Waals surface area contributed by atoms with Crippen molar-refractivity contribution in [2.75, 3.05) is 29.5 Å². The molecule has 2 aliphatic heterocycles. The van der Waals surface area contributed by atoms with E-state index in [2.05, 4.69) is 16.5 Å². The van der Waals surface area contributed by atoms with Gasteiger partial charge >= 0.3 is 5.69 Å². The van der Waals surface area contributed by atoms with Crippen molar-refractivity contribution in [3.63, 3.8) is 0 Å². The molecule has 1 fully saturated rings. The molecule has 0 aliphatic carbocycles. The molecule has 0 radical (unpaired) electrons. The molecular weight excluding hydrogens is 660 g/mol. The van der Waals surface area contributed by atoms with Gasteiger partial charge in [0.05, 0.1) is 54.8 Å². The Labute approximate surface area is 278 Å². The molecule has 3 aromatic heterocycles. The molecule has 1 saturated heterocycles. The molecule has 5 heterocycles. The number of hydrogen-bond donors (Lipinski definition) is 1. The summed E-state index contributed by atoms with van der Waals surface area (Å²) in [5, 5.41) is 0.418. The lowest BCUT2D eigenvalue weighted by Crippen LogP contribution is -2.60. The molecule has 1 amide bonds. The number of fused-ring (bicyclic) bond motifs is 2. The molecule has 2 N–H and O–H groups in total. The fraction of sp³-hybridized carbons (Fsp3) is 0.323. The number of anilines is 2. The average molecular weight is 689 g/mol. The van der Waals surface area contributed by atoms with Crippen LogP contribution in [-0.2, 0) is 4.79 Å². The molecule has 1 aromatic carbocycles. The van der Waals surface area contributed by atoms with E-state index in [0.29, 0.717) is 46.3 Å². The highest BCUT2D eigenvalue weighted by atomic mass is 35.5. The first-order valence-corrected chi connectivity index (χ1v) is 16.4. The zero-order chi connectivity index (χ0) is 32.5. The average Bonchev–Trinajstić information content (AvgIpc) is 3.15. The van der Waals surface area contributed by atoms with Crippen molar-refractivity contribution in [2.45, 2.75) is 50.6 Å². The van der Waals surface area contributed by atoms with Crippen molar-refractivity contribution in [3.8, 4) is 16.9 Å². The molecule has 2 aliphatic rings. The monoisotopic (exact) mass is 687 g/mol. The summed E-state index contributed by atoms with van der Waals surface area (Å²) in [6.45, 7) is 12.2. The Morgan fingerprint density at radius 1 is 1.22 bits per heavy atom. The molecule has 2 atom stereocenters. The van der Waals surface area contributed by atoms with Gasteiger partial charge in [0, 0.05) is 36.0 Å². The molecule has 234 valence electrons. The number of halogens is 4. The van der Waals surface area contributed by atoms with E-state index >= 15 is 4.39 Å². The number of nitrogens with two attached hydrogens (primary N) is 1. The molecule has 0 saturated carbocycles. The fourth-order valence-electron chi connectivity index (χ4n) is 6.06. The van der Waals surface area contributed by atoms with Gasteiger partial charge in [-0.3, -0.25) is 9.78 Å². The minimum atomic E-state index is -0.841. The van der Waals surface area contributed by atoms with Crippen LogP contribution in [0.1, 0.15) is 37.9 Å². The predicted molar refractivity (Wildman–Crippen MR) is 180 cm³/mol. The summed E-state index contributed by atoms with van der Waals surface area (Å²) in [6.07, 6.45) is 2.99. The van der Waals surface area contributed by atoms with Crippen LogP contribution in [0.2, 0.25) is 15.1 Å². The highest BCUT2D eigenvalue weighted by molar-refractivity contribution is 7.99. The molecular formula is C31H29Cl3FN7O2S. The Balaban J connectivity index is 1.74. The molecule has 14 heteroatoms. The van der Waals surface area contributed by atoms with E-state index < -0.39 is 11.5 Å². The summed E-state index contributed by atoms with van der Waals surface area (Å²) in [6, 6.07) is 2.61. The first kappa shape index (κ1) is 31.6. The normalized spacial score (nSPS) is 17.9. The Kier molecular flexibility index (Phi) is 8.26. The lowest BCUT2D eigenvalue weighted by Gasteiger charge is -2.45. The van der Waals surface area contributed by atoms with Crippen LogP contribution in [0, 0.1) is 12.7 Å². The number of nitrogens with zero attached hydrogens (tertiary/aromatic N) is 6. The molecule has 0 spiro atoms.